The average Bonchev–Trinajstić information content (AvgIpc) is 3.30. The lowest BCUT2D eigenvalue weighted by Gasteiger charge is -2.24. The summed E-state index contributed by atoms with van der Waals surface area (Å²) >= 11 is 0. The second-order valence-corrected chi connectivity index (χ2v) is 22.8. The Morgan fingerprint density at radius 3 is 1.19 bits per heavy atom. The molecule has 0 aromatic heterocycles. The minimum absolute atomic E-state index is 0.0910. The van der Waals surface area contributed by atoms with Crippen molar-refractivity contribution >= 4 is 13.8 Å². The van der Waals surface area contributed by atoms with Gasteiger partial charge in [-0.25, -0.2) is 4.57 Å². The fourth-order valence-electron chi connectivity index (χ4n) is 8.71. The van der Waals surface area contributed by atoms with Crippen LogP contribution in [0.3, 0.4) is 0 Å². The number of carbonyl (C=O) groups is 1. The lowest BCUT2D eigenvalue weighted by Crippen LogP contribution is -2.37. The van der Waals surface area contributed by atoms with Crippen LogP contribution in [0.5, 0.6) is 0 Å². The van der Waals surface area contributed by atoms with E-state index in [1.807, 2.05) is 21.1 Å². The second-order valence-electron chi connectivity index (χ2n) is 21.4. The van der Waals surface area contributed by atoms with Crippen LogP contribution < -0.4 is 0 Å². The number of phosphoric acid groups is 1. The summed E-state index contributed by atoms with van der Waals surface area (Å²) in [6.45, 7) is 5.68. The summed E-state index contributed by atoms with van der Waals surface area (Å²) in [5.41, 5.74) is 0. The number of quaternary nitrogens is 1. The highest BCUT2D eigenvalue weighted by molar-refractivity contribution is 7.47. The number of allylic oxidation sites excluding steroid dienone is 4. The number of hydrogen-bond donors (Lipinski definition) is 1. The molecule has 0 aliphatic rings. The fraction of sp³-hybridized carbons (Fsp3) is 0.915. The Hall–Kier alpha value is -1.02. The summed E-state index contributed by atoms with van der Waals surface area (Å²) < 4.78 is 35.3. The molecule has 1 N–H and O–H groups in total. The van der Waals surface area contributed by atoms with Crippen LogP contribution in [0.25, 0.3) is 0 Å². The second kappa shape index (κ2) is 52.3. The van der Waals surface area contributed by atoms with Crippen LogP contribution in [0.2, 0.25) is 0 Å². The number of phosphoric ester groups is 1. The summed E-state index contributed by atoms with van der Waals surface area (Å²) in [6, 6.07) is 0. The van der Waals surface area contributed by atoms with Crippen molar-refractivity contribution < 1.29 is 37.3 Å². The predicted molar refractivity (Wildman–Crippen MR) is 293 cm³/mol. The molecule has 0 aliphatic heterocycles. The van der Waals surface area contributed by atoms with Gasteiger partial charge in [-0.15, -0.1) is 0 Å². The summed E-state index contributed by atoms with van der Waals surface area (Å²) in [5.74, 6) is -0.309. The summed E-state index contributed by atoms with van der Waals surface area (Å²) in [5, 5.41) is 0. The number of carbonyl (C=O) groups excluding carboxylic acids is 1. The molecule has 0 aliphatic carbocycles. The molecule has 2 atom stereocenters. The largest absolute Gasteiger partial charge is 0.472 e. The third-order valence-electron chi connectivity index (χ3n) is 13.3. The molecule has 0 heterocycles. The van der Waals surface area contributed by atoms with Gasteiger partial charge in [0, 0.05) is 13.0 Å². The van der Waals surface area contributed by atoms with Gasteiger partial charge in [0.05, 0.1) is 34.4 Å². The van der Waals surface area contributed by atoms with Crippen LogP contribution in [0.15, 0.2) is 24.3 Å². The molecule has 0 bridgehead atoms. The minimum atomic E-state index is -4.28. The van der Waals surface area contributed by atoms with Crippen LogP contribution in [0.1, 0.15) is 290 Å². The van der Waals surface area contributed by atoms with Gasteiger partial charge in [-0.3, -0.25) is 13.8 Å². The predicted octanol–water partition coefficient (Wildman–Crippen LogP) is 18.7. The number of esters is 1. The Bertz CT molecular complexity index is 1140. The normalized spacial score (nSPS) is 13.6. The third-order valence-corrected chi connectivity index (χ3v) is 14.2. The summed E-state index contributed by atoms with van der Waals surface area (Å²) in [7, 11) is 1.68. The Kier molecular flexibility index (Phi) is 51.5. The van der Waals surface area contributed by atoms with Crippen LogP contribution in [0.4, 0.5) is 0 Å². The van der Waals surface area contributed by atoms with E-state index in [9.17, 15) is 14.3 Å². The van der Waals surface area contributed by atoms with E-state index in [0.29, 0.717) is 24.1 Å². The van der Waals surface area contributed by atoms with Gasteiger partial charge in [-0.1, -0.05) is 263 Å². The Balaban J connectivity index is 4.03. The van der Waals surface area contributed by atoms with E-state index >= 15 is 0 Å². The van der Waals surface area contributed by atoms with Crippen molar-refractivity contribution in [2.75, 3.05) is 54.1 Å². The molecule has 0 radical (unpaired) electrons. The molecule has 2 unspecified atom stereocenters. The van der Waals surface area contributed by atoms with Gasteiger partial charge in [0.2, 0.25) is 0 Å². The van der Waals surface area contributed by atoms with E-state index in [1.165, 1.54) is 231 Å². The van der Waals surface area contributed by atoms with Gasteiger partial charge in [-0.05, 0) is 44.9 Å². The van der Waals surface area contributed by atoms with E-state index in [1.54, 1.807) is 0 Å². The molecule has 68 heavy (non-hydrogen) atoms. The molecule has 0 aromatic carbocycles. The highest BCUT2D eigenvalue weighted by atomic mass is 31.2. The maximum Gasteiger partial charge on any atom is 0.472 e. The molecule has 0 amide bonds. The van der Waals surface area contributed by atoms with Gasteiger partial charge in [0.25, 0.3) is 0 Å². The first-order chi connectivity index (χ1) is 33.1. The van der Waals surface area contributed by atoms with Crippen LogP contribution in [0, 0.1) is 0 Å². The number of likely N-dealkylation sites (N-methyl/N-ethyl adjacent to an activating group) is 1. The van der Waals surface area contributed by atoms with Crippen LogP contribution >= 0.6 is 7.82 Å². The van der Waals surface area contributed by atoms with Crippen molar-refractivity contribution in [3.05, 3.63) is 24.3 Å². The van der Waals surface area contributed by atoms with Crippen LogP contribution in [-0.2, 0) is 27.9 Å². The van der Waals surface area contributed by atoms with Crippen molar-refractivity contribution in [3.8, 4) is 0 Å². The summed E-state index contributed by atoms with van der Waals surface area (Å²) in [6.07, 6.45) is 63.9. The molecule has 0 rings (SSSR count). The van der Waals surface area contributed by atoms with Crippen molar-refractivity contribution in [1.29, 1.82) is 0 Å². The zero-order chi connectivity index (χ0) is 49.8. The van der Waals surface area contributed by atoms with E-state index in [0.717, 1.165) is 38.5 Å². The maximum absolute atomic E-state index is 12.8. The molecule has 0 aromatic rings. The van der Waals surface area contributed by atoms with Crippen molar-refractivity contribution in [2.45, 2.75) is 296 Å². The first-order valence-electron chi connectivity index (χ1n) is 29.6. The number of hydrogen-bond acceptors (Lipinski definition) is 6. The molecular weight excluding hydrogens is 866 g/mol. The van der Waals surface area contributed by atoms with E-state index in [-0.39, 0.29) is 25.8 Å². The lowest BCUT2D eigenvalue weighted by atomic mass is 10.0. The number of ether oxygens (including phenoxy) is 2. The molecule has 9 heteroatoms. The van der Waals surface area contributed by atoms with E-state index in [4.69, 9.17) is 18.5 Å². The SMILES string of the molecule is CCCCCCC/C=C\C/C=C\CCCCCCCCCCCCCC(=O)OC(COCCCCCCCCCCCCCCCCCCCCCCCCC)COP(=O)(O)OCC[N+](C)(C)C. The topological polar surface area (TPSA) is 91.3 Å². The molecule has 0 saturated heterocycles. The van der Waals surface area contributed by atoms with Crippen LogP contribution in [-0.4, -0.2) is 75.6 Å². The molecule has 8 nitrogen and oxygen atoms in total. The van der Waals surface area contributed by atoms with E-state index in [2.05, 4.69) is 38.2 Å². The Morgan fingerprint density at radius 2 is 0.809 bits per heavy atom. The van der Waals surface area contributed by atoms with Gasteiger partial charge in [-0.2, -0.15) is 0 Å². The number of unbranched alkanes of at least 4 members (excludes halogenated alkanes) is 38. The smallest absolute Gasteiger partial charge is 0.457 e. The van der Waals surface area contributed by atoms with Gasteiger partial charge in [0.1, 0.15) is 19.3 Å². The van der Waals surface area contributed by atoms with Crippen molar-refractivity contribution in [1.82, 2.24) is 0 Å². The number of rotatable bonds is 56. The van der Waals surface area contributed by atoms with Gasteiger partial charge < -0.3 is 18.9 Å². The minimum Gasteiger partial charge on any atom is -0.457 e. The first kappa shape index (κ1) is 67.0. The van der Waals surface area contributed by atoms with Crippen molar-refractivity contribution in [2.24, 2.45) is 0 Å². The van der Waals surface area contributed by atoms with Gasteiger partial charge >= 0.3 is 13.8 Å². The molecule has 0 spiro atoms. The number of nitrogens with zero attached hydrogens (tertiary/aromatic N) is 1. The quantitative estimate of drug-likeness (QED) is 0.0213. The highest BCUT2D eigenvalue weighted by Crippen LogP contribution is 2.43. The average molecular weight is 984 g/mol. The first-order valence-corrected chi connectivity index (χ1v) is 31.1. The summed E-state index contributed by atoms with van der Waals surface area (Å²) in [4.78, 5) is 23.1. The highest BCUT2D eigenvalue weighted by Gasteiger charge is 2.26. The monoisotopic (exact) mass is 983 g/mol. The zero-order valence-corrected chi connectivity index (χ0v) is 47.0. The Morgan fingerprint density at radius 1 is 0.456 bits per heavy atom. The standard InChI is InChI=1S/C59H116NO7P/c1-6-8-10-12-14-16-18-20-22-24-26-28-30-32-34-36-38-40-42-44-46-48-50-52-59(61)67-58(57-66-68(62,63)65-55-53-60(3,4)5)56-64-54-51-49-47-45-43-41-39-37-35-33-31-29-27-25-23-21-19-17-15-13-11-9-7-2/h18,20,24,26,58H,6-17,19,21-23,25,27-57H2,1-5H3/p+1/b20-18-,26-24-. The zero-order valence-electron chi connectivity index (χ0n) is 46.1. The molecule has 0 saturated carbocycles. The molecule has 0 fully saturated rings. The molecule has 404 valence electrons. The van der Waals surface area contributed by atoms with Crippen molar-refractivity contribution in [3.63, 3.8) is 0 Å². The van der Waals surface area contributed by atoms with E-state index < -0.39 is 13.9 Å². The fourth-order valence-corrected chi connectivity index (χ4v) is 9.45. The van der Waals surface area contributed by atoms with Gasteiger partial charge in [0.15, 0.2) is 0 Å². The lowest BCUT2D eigenvalue weighted by molar-refractivity contribution is -0.870. The third kappa shape index (κ3) is 55.9. The molecular formula is C59H117NO7P+. The maximum atomic E-state index is 12.8. The Labute approximate surface area is 423 Å².